The van der Waals surface area contributed by atoms with Crippen molar-refractivity contribution >= 4 is 29.2 Å². The molecule has 12 heavy (non-hydrogen) atoms. The van der Waals surface area contributed by atoms with Gasteiger partial charge < -0.3 is 5.11 Å². The molecule has 0 saturated carbocycles. The minimum atomic E-state index is -0.833. The van der Waals surface area contributed by atoms with Gasteiger partial charge in [-0.2, -0.15) is 0 Å². The molecule has 0 aliphatic carbocycles. The van der Waals surface area contributed by atoms with Crippen LogP contribution in [0.2, 0.25) is 0 Å². The monoisotopic (exact) mass is 216 g/mol. The molecule has 1 N–H and O–H groups in total. The number of halogens is 2. The van der Waals surface area contributed by atoms with Crippen LogP contribution in [-0.4, -0.2) is 16.4 Å². The maximum absolute atomic E-state index is 9.00. The minimum absolute atomic E-state index is 0.194. The van der Waals surface area contributed by atoms with Gasteiger partial charge in [-0.25, -0.2) is 0 Å². The zero-order chi connectivity index (χ0) is 10.4. The number of hydrogen-bond donors (Lipinski definition) is 1. The summed E-state index contributed by atoms with van der Waals surface area (Å²) < 4.78 is 0. The van der Waals surface area contributed by atoms with Crippen LogP contribution in [0.1, 0.15) is 40.0 Å². The lowest BCUT2D eigenvalue weighted by molar-refractivity contribution is -0.134. The summed E-state index contributed by atoms with van der Waals surface area (Å²) in [5.74, 6) is -0.833. The number of carboxylic acids is 1. The van der Waals surface area contributed by atoms with Crippen molar-refractivity contribution in [2.24, 2.45) is 0 Å². The van der Waals surface area contributed by atoms with Crippen molar-refractivity contribution in [3.8, 4) is 0 Å². The van der Waals surface area contributed by atoms with Crippen LogP contribution in [0.25, 0.3) is 0 Å². The molecule has 0 aliphatic heterocycles. The van der Waals surface area contributed by atoms with Crippen LogP contribution < -0.4 is 0 Å². The van der Waals surface area contributed by atoms with Gasteiger partial charge in [-0.3, -0.25) is 4.79 Å². The molecule has 0 aliphatic rings. The molecule has 0 amide bonds. The third-order valence-electron chi connectivity index (χ3n) is 0.707. The Balaban J connectivity index is -0.000000105. The summed E-state index contributed by atoms with van der Waals surface area (Å²) in [7, 11) is 0. The summed E-state index contributed by atoms with van der Waals surface area (Å²) >= 11 is 9.53. The first-order chi connectivity index (χ1) is 5.56. The second kappa shape index (κ2) is 22.5. The van der Waals surface area contributed by atoms with Gasteiger partial charge in [0.15, 0.2) is 0 Å². The van der Waals surface area contributed by atoms with Crippen molar-refractivity contribution in [3.63, 3.8) is 0 Å². The molecule has 0 aromatic rings. The van der Waals surface area contributed by atoms with E-state index in [2.05, 4.69) is 13.8 Å². The normalized spacial score (nSPS) is 7.08. The van der Waals surface area contributed by atoms with E-state index < -0.39 is 5.97 Å². The Morgan fingerprint density at radius 3 is 1.42 bits per heavy atom. The van der Waals surface area contributed by atoms with Crippen LogP contribution in [0.3, 0.4) is 0 Å². The number of carboxylic acid groups (broad SMARTS) is 1. The van der Waals surface area contributed by atoms with E-state index in [1.165, 1.54) is 19.3 Å². The van der Waals surface area contributed by atoms with Gasteiger partial charge in [0.25, 0.3) is 5.97 Å². The highest BCUT2D eigenvalue weighted by Crippen LogP contribution is 1.88. The van der Waals surface area contributed by atoms with Crippen molar-refractivity contribution in [1.82, 2.24) is 0 Å². The number of unbranched alkanes of at least 4 members (excludes halogenated alkanes) is 2. The zero-order valence-corrected chi connectivity index (χ0v) is 9.45. The van der Waals surface area contributed by atoms with Gasteiger partial charge in [0.2, 0.25) is 0 Å². The van der Waals surface area contributed by atoms with Crippen molar-refractivity contribution in [1.29, 1.82) is 0 Å². The van der Waals surface area contributed by atoms with Gasteiger partial charge in [-0.15, -0.1) is 23.2 Å². The third kappa shape index (κ3) is 196. The fraction of sp³-hybridized carbons (Fsp3) is 0.875. The lowest BCUT2D eigenvalue weighted by Crippen LogP contribution is -1.78. The predicted molar refractivity (Wildman–Crippen MR) is 55.1 cm³/mol. The lowest BCUT2D eigenvalue weighted by atomic mass is 10.3. The highest BCUT2D eigenvalue weighted by molar-refractivity contribution is 6.40. The summed E-state index contributed by atoms with van der Waals surface area (Å²) in [6, 6.07) is 0. The predicted octanol–water partition coefficient (Wildman–Crippen LogP) is 3.71. The Bertz CT molecular complexity index is 71.5. The second-order valence-corrected chi connectivity index (χ2v) is 2.78. The van der Waals surface area contributed by atoms with Gasteiger partial charge in [-0.1, -0.05) is 33.1 Å². The smallest absolute Gasteiger partial charge is 0.300 e. The minimum Gasteiger partial charge on any atom is -0.481 e. The number of rotatable bonds is 2. The molecule has 4 heteroatoms. The molecule has 2 nitrogen and oxygen atoms in total. The SMILES string of the molecule is CC(=O)O.CCCCC.ClCCl. The first-order valence-electron chi connectivity index (χ1n) is 3.88. The van der Waals surface area contributed by atoms with Crippen LogP contribution >= 0.6 is 23.2 Å². The molecule has 0 aromatic carbocycles. The first kappa shape index (κ1) is 18.0. The Morgan fingerprint density at radius 2 is 1.42 bits per heavy atom. The topological polar surface area (TPSA) is 37.3 Å². The van der Waals surface area contributed by atoms with Crippen molar-refractivity contribution in [2.75, 3.05) is 5.34 Å². The average Bonchev–Trinajstić information content (AvgIpc) is 1.89. The van der Waals surface area contributed by atoms with E-state index >= 15 is 0 Å². The van der Waals surface area contributed by atoms with E-state index in [4.69, 9.17) is 33.1 Å². The molecule has 76 valence electrons. The standard InChI is InChI=1S/C5H12.C2H4O2.CH2Cl2/c1-3-5-4-2;1-2(3)4;2-1-3/h3-5H2,1-2H3;1H3,(H,3,4);1H2. The highest BCUT2D eigenvalue weighted by Gasteiger charge is 1.68. The fourth-order valence-corrected chi connectivity index (χ4v) is 0.354. The zero-order valence-electron chi connectivity index (χ0n) is 7.94. The average molecular weight is 217 g/mol. The van der Waals surface area contributed by atoms with E-state index in [0.717, 1.165) is 6.92 Å². The van der Waals surface area contributed by atoms with E-state index in [1.807, 2.05) is 0 Å². The van der Waals surface area contributed by atoms with Gasteiger partial charge >= 0.3 is 0 Å². The molecule has 0 spiro atoms. The summed E-state index contributed by atoms with van der Waals surface area (Å²) in [5, 5.41) is 7.61. The Kier molecular flexibility index (Phi) is 33.6. The van der Waals surface area contributed by atoms with Crippen LogP contribution in [0, 0.1) is 0 Å². The maximum atomic E-state index is 9.00. The van der Waals surface area contributed by atoms with Crippen molar-refractivity contribution in [3.05, 3.63) is 0 Å². The Labute approximate surface area is 84.9 Å². The Morgan fingerprint density at radius 1 is 1.25 bits per heavy atom. The number of carbonyl (C=O) groups is 1. The van der Waals surface area contributed by atoms with Crippen LogP contribution in [0.15, 0.2) is 0 Å². The van der Waals surface area contributed by atoms with Gasteiger partial charge in [-0.05, 0) is 0 Å². The molecule has 0 radical (unpaired) electrons. The quantitative estimate of drug-likeness (QED) is 0.716. The van der Waals surface area contributed by atoms with Crippen molar-refractivity contribution in [2.45, 2.75) is 40.0 Å². The second-order valence-electron chi connectivity index (χ2n) is 1.97. The largest absolute Gasteiger partial charge is 0.481 e. The van der Waals surface area contributed by atoms with E-state index in [0.29, 0.717) is 0 Å². The van der Waals surface area contributed by atoms with Crippen LogP contribution in [-0.2, 0) is 4.79 Å². The van der Waals surface area contributed by atoms with E-state index in [1.54, 1.807) is 0 Å². The maximum Gasteiger partial charge on any atom is 0.300 e. The lowest BCUT2D eigenvalue weighted by Gasteiger charge is -1.79. The summed E-state index contributed by atoms with van der Waals surface area (Å²) in [5.41, 5.74) is 0. The molecule has 0 saturated heterocycles. The number of alkyl halides is 2. The van der Waals surface area contributed by atoms with Gasteiger partial charge in [0.05, 0.1) is 5.34 Å². The van der Waals surface area contributed by atoms with Crippen molar-refractivity contribution < 1.29 is 9.90 Å². The molecule has 0 aromatic heterocycles. The molecule has 0 unspecified atom stereocenters. The molecular formula is C8H18Cl2O2. The van der Waals surface area contributed by atoms with Gasteiger partial charge in [0.1, 0.15) is 0 Å². The molecule has 0 rings (SSSR count). The highest BCUT2D eigenvalue weighted by atomic mass is 35.5. The van der Waals surface area contributed by atoms with E-state index in [9.17, 15) is 0 Å². The molecular weight excluding hydrogens is 199 g/mol. The summed E-state index contributed by atoms with van der Waals surface area (Å²) in [6.45, 7) is 5.51. The molecule has 0 heterocycles. The van der Waals surface area contributed by atoms with Gasteiger partial charge in [0, 0.05) is 6.92 Å². The fourth-order valence-electron chi connectivity index (χ4n) is 0.354. The summed E-state index contributed by atoms with van der Waals surface area (Å²) in [6.07, 6.45) is 4.08. The van der Waals surface area contributed by atoms with Crippen LogP contribution in [0.5, 0.6) is 0 Å². The molecule has 0 fully saturated rings. The van der Waals surface area contributed by atoms with Crippen LogP contribution in [0.4, 0.5) is 0 Å². The summed E-state index contributed by atoms with van der Waals surface area (Å²) in [4.78, 5) is 9.00. The number of aliphatic carboxylic acids is 1. The first-order valence-corrected chi connectivity index (χ1v) is 4.95. The third-order valence-corrected chi connectivity index (χ3v) is 0.707. The molecule has 0 atom stereocenters. The Hall–Kier alpha value is 0.0500. The number of hydrogen-bond acceptors (Lipinski definition) is 1. The molecule has 0 bridgehead atoms. The van der Waals surface area contributed by atoms with E-state index in [-0.39, 0.29) is 5.34 Å².